The van der Waals surface area contributed by atoms with Crippen LogP contribution < -0.4 is 10.6 Å². The van der Waals surface area contributed by atoms with Gasteiger partial charge in [0.05, 0.1) is 0 Å². The molecule has 130 valence electrons. The molecular formula is C20H18ClN5. The van der Waals surface area contributed by atoms with E-state index in [1.807, 2.05) is 36.4 Å². The highest BCUT2D eigenvalue weighted by Crippen LogP contribution is 2.20. The van der Waals surface area contributed by atoms with Crippen LogP contribution in [0.5, 0.6) is 0 Å². The summed E-state index contributed by atoms with van der Waals surface area (Å²) in [5.74, 6) is 1.50. The van der Waals surface area contributed by atoms with Gasteiger partial charge in [-0.3, -0.25) is 0 Å². The van der Waals surface area contributed by atoms with Crippen LogP contribution in [0.1, 0.15) is 5.56 Å². The van der Waals surface area contributed by atoms with Crippen molar-refractivity contribution in [3.05, 3.63) is 77.7 Å². The van der Waals surface area contributed by atoms with E-state index < -0.39 is 0 Å². The summed E-state index contributed by atoms with van der Waals surface area (Å²) in [6.45, 7) is 0.787. The summed E-state index contributed by atoms with van der Waals surface area (Å²) >= 11 is 6.01. The first-order chi connectivity index (χ1) is 12.8. The maximum atomic E-state index is 6.01. The number of nitrogens with one attached hydrogen (secondary N) is 3. The van der Waals surface area contributed by atoms with Crippen molar-refractivity contribution in [1.82, 2.24) is 15.0 Å². The van der Waals surface area contributed by atoms with E-state index in [1.165, 1.54) is 10.9 Å². The number of halogens is 1. The van der Waals surface area contributed by atoms with Crippen molar-refractivity contribution in [1.29, 1.82) is 0 Å². The summed E-state index contributed by atoms with van der Waals surface area (Å²) < 4.78 is 0. The van der Waals surface area contributed by atoms with Crippen molar-refractivity contribution >= 4 is 39.8 Å². The van der Waals surface area contributed by atoms with E-state index in [-0.39, 0.29) is 0 Å². The van der Waals surface area contributed by atoms with Crippen LogP contribution in [-0.2, 0) is 6.42 Å². The standard InChI is InChI=1S/C20H18ClN5/c21-15-4-3-5-16(10-15)26-20-11-19(24-13-25-20)22-9-8-14-12-23-18-7-2-1-6-17(14)18/h1-7,10-13,23H,8-9H2,(H2,22,24,25,26). The fourth-order valence-corrected chi connectivity index (χ4v) is 3.09. The minimum Gasteiger partial charge on any atom is -0.370 e. The molecule has 0 radical (unpaired) electrons. The molecule has 5 nitrogen and oxygen atoms in total. The van der Waals surface area contributed by atoms with Gasteiger partial charge in [-0.15, -0.1) is 0 Å². The van der Waals surface area contributed by atoms with Crippen molar-refractivity contribution in [2.24, 2.45) is 0 Å². The third kappa shape index (κ3) is 3.78. The number of nitrogens with zero attached hydrogens (tertiary/aromatic N) is 2. The largest absolute Gasteiger partial charge is 0.370 e. The maximum Gasteiger partial charge on any atom is 0.135 e. The average Bonchev–Trinajstić information content (AvgIpc) is 3.06. The van der Waals surface area contributed by atoms with Crippen LogP contribution in [0.4, 0.5) is 17.3 Å². The van der Waals surface area contributed by atoms with Crippen LogP contribution in [-0.4, -0.2) is 21.5 Å². The molecule has 0 amide bonds. The van der Waals surface area contributed by atoms with E-state index in [0.717, 1.165) is 35.8 Å². The van der Waals surface area contributed by atoms with Crippen molar-refractivity contribution in [2.75, 3.05) is 17.2 Å². The zero-order valence-corrected chi connectivity index (χ0v) is 14.8. The van der Waals surface area contributed by atoms with Crippen molar-refractivity contribution in [3.63, 3.8) is 0 Å². The van der Waals surface area contributed by atoms with E-state index in [0.29, 0.717) is 5.02 Å². The van der Waals surface area contributed by atoms with E-state index in [1.54, 1.807) is 6.33 Å². The smallest absolute Gasteiger partial charge is 0.135 e. The summed E-state index contributed by atoms with van der Waals surface area (Å²) in [4.78, 5) is 11.8. The number of hydrogen-bond acceptors (Lipinski definition) is 4. The lowest BCUT2D eigenvalue weighted by Gasteiger charge is -2.09. The van der Waals surface area contributed by atoms with Crippen LogP contribution in [0.25, 0.3) is 10.9 Å². The molecule has 4 aromatic rings. The van der Waals surface area contributed by atoms with Crippen molar-refractivity contribution < 1.29 is 0 Å². The molecule has 0 aliphatic carbocycles. The first-order valence-corrected chi connectivity index (χ1v) is 8.79. The van der Waals surface area contributed by atoms with Crippen LogP contribution in [0.2, 0.25) is 5.02 Å². The number of H-pyrrole nitrogens is 1. The number of para-hydroxylation sites is 1. The maximum absolute atomic E-state index is 6.01. The molecule has 2 aromatic carbocycles. The third-order valence-electron chi connectivity index (χ3n) is 4.14. The van der Waals surface area contributed by atoms with Crippen LogP contribution >= 0.6 is 11.6 Å². The number of fused-ring (bicyclic) bond motifs is 1. The predicted octanol–water partition coefficient (Wildman–Crippen LogP) is 5.01. The Labute approximate surface area is 156 Å². The van der Waals surface area contributed by atoms with Crippen LogP contribution in [0, 0.1) is 0 Å². The second kappa shape index (κ2) is 7.45. The summed E-state index contributed by atoms with van der Waals surface area (Å²) in [6, 6.07) is 17.7. The molecule has 0 aliphatic rings. The Kier molecular flexibility index (Phi) is 4.71. The van der Waals surface area contributed by atoms with Gasteiger partial charge >= 0.3 is 0 Å². The number of hydrogen-bond donors (Lipinski definition) is 3. The Morgan fingerprint density at radius 3 is 2.77 bits per heavy atom. The molecule has 0 unspecified atom stereocenters. The zero-order chi connectivity index (χ0) is 17.8. The van der Waals surface area contributed by atoms with Gasteiger partial charge < -0.3 is 15.6 Å². The summed E-state index contributed by atoms with van der Waals surface area (Å²) in [7, 11) is 0. The van der Waals surface area contributed by atoms with E-state index in [2.05, 4.69) is 50.0 Å². The Bertz CT molecular complexity index is 1030. The highest BCUT2D eigenvalue weighted by Gasteiger charge is 2.04. The molecule has 2 aromatic heterocycles. The normalized spacial score (nSPS) is 10.8. The molecule has 4 rings (SSSR count). The van der Waals surface area contributed by atoms with Gasteiger partial charge in [0.25, 0.3) is 0 Å². The third-order valence-corrected chi connectivity index (χ3v) is 4.37. The SMILES string of the molecule is Clc1cccc(Nc2cc(NCCc3c[nH]c4ccccc34)ncn2)c1. The molecule has 0 saturated carbocycles. The van der Waals surface area contributed by atoms with Crippen molar-refractivity contribution in [3.8, 4) is 0 Å². The topological polar surface area (TPSA) is 65.6 Å². The Balaban J connectivity index is 1.39. The summed E-state index contributed by atoms with van der Waals surface area (Å²) in [5.41, 5.74) is 3.35. The Morgan fingerprint density at radius 2 is 1.85 bits per heavy atom. The molecule has 26 heavy (non-hydrogen) atoms. The summed E-state index contributed by atoms with van der Waals surface area (Å²) in [6.07, 6.45) is 4.52. The predicted molar refractivity (Wildman–Crippen MR) is 107 cm³/mol. The van der Waals surface area contributed by atoms with Gasteiger partial charge in [-0.2, -0.15) is 0 Å². The number of aromatic nitrogens is 3. The molecule has 0 saturated heterocycles. The lowest BCUT2D eigenvalue weighted by atomic mass is 10.1. The zero-order valence-electron chi connectivity index (χ0n) is 14.0. The Hall–Kier alpha value is -3.05. The quantitative estimate of drug-likeness (QED) is 0.450. The van der Waals surface area contributed by atoms with Gasteiger partial charge in [0.2, 0.25) is 0 Å². The van der Waals surface area contributed by atoms with Crippen molar-refractivity contribution in [2.45, 2.75) is 6.42 Å². The fourth-order valence-electron chi connectivity index (χ4n) is 2.90. The second-order valence-corrected chi connectivity index (χ2v) is 6.40. The first kappa shape index (κ1) is 16.4. The molecule has 0 aliphatic heterocycles. The molecule has 0 bridgehead atoms. The molecule has 6 heteroatoms. The molecule has 0 fully saturated rings. The lowest BCUT2D eigenvalue weighted by molar-refractivity contribution is 1.01. The van der Waals surface area contributed by atoms with Gasteiger partial charge in [0.1, 0.15) is 18.0 Å². The van der Waals surface area contributed by atoms with Gasteiger partial charge in [-0.05, 0) is 36.2 Å². The van der Waals surface area contributed by atoms with Gasteiger partial charge in [0.15, 0.2) is 0 Å². The number of aromatic amines is 1. The number of benzene rings is 2. The Morgan fingerprint density at radius 1 is 0.962 bits per heavy atom. The van der Waals surface area contributed by atoms with E-state index in [4.69, 9.17) is 11.6 Å². The van der Waals surface area contributed by atoms with Gasteiger partial charge in [-0.1, -0.05) is 35.9 Å². The molecule has 3 N–H and O–H groups in total. The van der Waals surface area contributed by atoms with Crippen LogP contribution in [0.3, 0.4) is 0 Å². The lowest BCUT2D eigenvalue weighted by Crippen LogP contribution is -2.07. The fraction of sp³-hybridized carbons (Fsp3) is 0.100. The number of rotatable bonds is 6. The molecule has 2 heterocycles. The molecular weight excluding hydrogens is 346 g/mol. The number of anilines is 3. The monoisotopic (exact) mass is 363 g/mol. The first-order valence-electron chi connectivity index (χ1n) is 8.41. The minimum absolute atomic E-state index is 0.682. The minimum atomic E-state index is 0.682. The highest BCUT2D eigenvalue weighted by atomic mass is 35.5. The average molecular weight is 364 g/mol. The van der Waals surface area contributed by atoms with E-state index >= 15 is 0 Å². The molecule has 0 atom stereocenters. The van der Waals surface area contributed by atoms with Gasteiger partial charge in [0, 0.05) is 40.4 Å². The summed E-state index contributed by atoms with van der Waals surface area (Å²) in [5, 5.41) is 8.53. The van der Waals surface area contributed by atoms with Gasteiger partial charge in [-0.25, -0.2) is 9.97 Å². The molecule has 0 spiro atoms. The van der Waals surface area contributed by atoms with E-state index in [9.17, 15) is 0 Å². The second-order valence-electron chi connectivity index (χ2n) is 5.96. The highest BCUT2D eigenvalue weighted by molar-refractivity contribution is 6.30. The van der Waals surface area contributed by atoms with Crippen LogP contribution in [0.15, 0.2) is 67.1 Å².